The highest BCUT2D eigenvalue weighted by molar-refractivity contribution is 7.80. The highest BCUT2D eigenvalue weighted by Crippen LogP contribution is 2.42. The molecule has 212 valence electrons. The molecule has 1 aliphatic rings. The molecule has 0 aromatic heterocycles. The molecule has 1 aromatic rings. The highest BCUT2D eigenvalue weighted by Gasteiger charge is 2.47. The number of aliphatic imine (C=N–C) groups is 1. The first-order valence-corrected chi connectivity index (χ1v) is 14.7. The fourth-order valence-electron chi connectivity index (χ4n) is 5.11. The predicted molar refractivity (Wildman–Crippen MR) is 156 cm³/mol. The Labute approximate surface area is 234 Å². The molecule has 0 fully saturated rings. The summed E-state index contributed by atoms with van der Waals surface area (Å²) in [6.45, 7) is 7.88. The first-order valence-electron chi connectivity index (χ1n) is 14.3. The van der Waals surface area contributed by atoms with E-state index < -0.39 is 24.0 Å². The van der Waals surface area contributed by atoms with Gasteiger partial charge < -0.3 is 14.2 Å². The molecule has 1 heterocycles. The van der Waals surface area contributed by atoms with Crippen molar-refractivity contribution in [2.24, 2.45) is 10.9 Å². The van der Waals surface area contributed by atoms with Crippen molar-refractivity contribution < 1.29 is 23.8 Å². The van der Waals surface area contributed by atoms with Crippen LogP contribution in [0.4, 0.5) is 4.79 Å². The van der Waals surface area contributed by atoms with E-state index in [-0.39, 0.29) is 18.3 Å². The average molecular weight is 547 g/mol. The van der Waals surface area contributed by atoms with Gasteiger partial charge in [0.1, 0.15) is 11.7 Å². The van der Waals surface area contributed by atoms with Gasteiger partial charge in [-0.25, -0.2) is 14.7 Å². The lowest BCUT2D eigenvalue weighted by molar-refractivity contribution is -0.147. The molecule has 38 heavy (non-hydrogen) atoms. The van der Waals surface area contributed by atoms with Gasteiger partial charge >= 0.3 is 12.1 Å². The Morgan fingerprint density at radius 3 is 2.11 bits per heavy atom. The first kappa shape index (κ1) is 31.7. The zero-order chi connectivity index (χ0) is 27.9. The number of methoxy groups -OCH3 is 1. The molecule has 2 rings (SSSR count). The van der Waals surface area contributed by atoms with E-state index in [2.05, 4.69) is 11.9 Å². The number of unbranched alkanes of at least 4 members (excludes halogenated alkanes) is 9. The summed E-state index contributed by atoms with van der Waals surface area (Å²) in [4.78, 5) is 32.0. The van der Waals surface area contributed by atoms with Crippen molar-refractivity contribution >= 4 is 35.1 Å². The van der Waals surface area contributed by atoms with Crippen molar-refractivity contribution in [3.8, 4) is 5.75 Å². The minimum absolute atomic E-state index is 0.0716. The van der Waals surface area contributed by atoms with Crippen molar-refractivity contribution in [1.82, 2.24) is 4.90 Å². The number of amides is 1. The number of benzene rings is 1. The smallest absolute Gasteiger partial charge is 0.416 e. The molecule has 1 amide bonds. The fourth-order valence-corrected chi connectivity index (χ4v) is 5.44. The number of rotatable bonds is 16. The topological polar surface area (TPSA) is 77.4 Å². The number of nitrogens with zero attached hydrogens (tertiary/aromatic N) is 2. The van der Waals surface area contributed by atoms with Gasteiger partial charge in [-0.15, -0.1) is 0 Å². The van der Waals surface area contributed by atoms with Crippen LogP contribution in [0.15, 0.2) is 23.2 Å². The molecule has 0 spiro atoms. The van der Waals surface area contributed by atoms with E-state index in [4.69, 9.17) is 26.4 Å². The Balaban J connectivity index is 2.29. The molecule has 7 nitrogen and oxygen atoms in total. The van der Waals surface area contributed by atoms with E-state index in [0.29, 0.717) is 11.5 Å². The normalized spacial score (nSPS) is 17.2. The quantitative estimate of drug-likeness (QED) is 0.121. The molecule has 0 aliphatic carbocycles. The minimum Gasteiger partial charge on any atom is -0.496 e. The van der Waals surface area contributed by atoms with Crippen LogP contribution in [-0.2, 0) is 20.7 Å². The molecule has 0 N–H and O–H groups in total. The second kappa shape index (κ2) is 17.2. The fraction of sp³-hybridized carbons (Fsp3) is 0.667. The van der Waals surface area contributed by atoms with Gasteiger partial charge in [0.15, 0.2) is 0 Å². The van der Waals surface area contributed by atoms with E-state index in [1.54, 1.807) is 27.9 Å². The summed E-state index contributed by atoms with van der Waals surface area (Å²) in [6.07, 6.45) is 12.7. The van der Waals surface area contributed by atoms with Crippen LogP contribution in [0.25, 0.3) is 0 Å². The first-order chi connectivity index (χ1) is 18.4. The van der Waals surface area contributed by atoms with Gasteiger partial charge in [0.25, 0.3) is 0 Å². The second-order valence-electron chi connectivity index (χ2n) is 9.74. The van der Waals surface area contributed by atoms with Gasteiger partial charge in [-0.3, -0.25) is 4.79 Å². The third kappa shape index (κ3) is 8.79. The largest absolute Gasteiger partial charge is 0.496 e. The Hall–Kier alpha value is -2.48. The monoisotopic (exact) mass is 546 g/mol. The van der Waals surface area contributed by atoms with E-state index in [9.17, 15) is 9.59 Å². The third-order valence-corrected chi connectivity index (χ3v) is 7.29. The van der Waals surface area contributed by atoms with Crippen LogP contribution >= 0.6 is 12.2 Å². The molecule has 0 radical (unpaired) electrons. The summed E-state index contributed by atoms with van der Waals surface area (Å²) < 4.78 is 16.5. The van der Waals surface area contributed by atoms with E-state index >= 15 is 0 Å². The highest BCUT2D eigenvalue weighted by atomic mass is 32.1. The maximum absolute atomic E-state index is 13.2. The van der Waals surface area contributed by atoms with Crippen LogP contribution in [0, 0.1) is 5.92 Å². The van der Waals surface area contributed by atoms with E-state index in [1.165, 1.54) is 56.3 Å². The van der Waals surface area contributed by atoms with Crippen molar-refractivity contribution in [3.05, 3.63) is 29.3 Å². The number of hydrogen-bond donors (Lipinski definition) is 0. The van der Waals surface area contributed by atoms with Crippen LogP contribution < -0.4 is 4.74 Å². The lowest BCUT2D eigenvalue weighted by atomic mass is 9.83. The Morgan fingerprint density at radius 2 is 1.53 bits per heavy atom. The Morgan fingerprint density at radius 1 is 0.921 bits per heavy atom. The maximum atomic E-state index is 13.2. The second-order valence-corrected chi connectivity index (χ2v) is 10.1. The van der Waals surface area contributed by atoms with Crippen molar-refractivity contribution in [1.29, 1.82) is 0 Å². The number of ether oxygens (including phenoxy) is 3. The summed E-state index contributed by atoms with van der Waals surface area (Å²) in [5.74, 6) is -0.680. The number of hydrogen-bond acceptors (Lipinski definition) is 6. The summed E-state index contributed by atoms with van der Waals surface area (Å²) in [5, 5.41) is 0.0716. The molecule has 2 atom stereocenters. The summed E-state index contributed by atoms with van der Waals surface area (Å²) in [5.41, 5.74) is 2.29. The number of carbonyl (C=O) groups is 2. The van der Waals surface area contributed by atoms with Gasteiger partial charge in [-0.1, -0.05) is 76.8 Å². The van der Waals surface area contributed by atoms with Gasteiger partial charge in [-0.05, 0) is 57.5 Å². The third-order valence-electron chi connectivity index (χ3n) is 7.00. The van der Waals surface area contributed by atoms with Gasteiger partial charge in [0.05, 0.1) is 26.4 Å². The molecular weight excluding hydrogens is 500 g/mol. The SMILES string of the molecule is CCCCCCCCCCCCc1cccc(OC)c1C1C(C(=O)OCC)C(C)=NC(=S)N1C(=O)OCC. The molecular formula is C30H46N2O5S. The van der Waals surface area contributed by atoms with Gasteiger partial charge in [0, 0.05) is 11.3 Å². The minimum atomic E-state index is -0.825. The summed E-state index contributed by atoms with van der Waals surface area (Å²) >= 11 is 5.52. The van der Waals surface area contributed by atoms with E-state index in [1.807, 2.05) is 18.2 Å². The van der Waals surface area contributed by atoms with E-state index in [0.717, 1.165) is 30.4 Å². The lowest BCUT2D eigenvalue weighted by Gasteiger charge is -2.39. The van der Waals surface area contributed by atoms with Crippen molar-refractivity contribution in [2.75, 3.05) is 20.3 Å². The number of esters is 1. The van der Waals surface area contributed by atoms with Crippen LogP contribution in [-0.4, -0.2) is 48.1 Å². The lowest BCUT2D eigenvalue weighted by Crippen LogP contribution is -2.50. The maximum Gasteiger partial charge on any atom is 0.416 e. The Kier molecular flexibility index (Phi) is 14.3. The predicted octanol–water partition coefficient (Wildman–Crippen LogP) is 7.60. The molecule has 0 saturated heterocycles. The van der Waals surface area contributed by atoms with Crippen LogP contribution in [0.1, 0.15) is 109 Å². The van der Waals surface area contributed by atoms with Crippen LogP contribution in [0.5, 0.6) is 5.75 Å². The average Bonchev–Trinajstić information content (AvgIpc) is 2.89. The standard InChI is InChI=1S/C30H46N2O5S/c1-6-9-10-11-12-13-14-15-16-17-19-23-20-18-21-24(35-5)26(23)27-25(28(33)36-7-2)22(4)31-29(38)32(27)30(34)37-8-3/h18,20-21,25,27H,6-17,19H2,1-5H3. The number of carbonyl (C=O) groups excluding carboxylic acids is 2. The molecule has 2 unspecified atom stereocenters. The van der Waals surface area contributed by atoms with Gasteiger partial charge in [-0.2, -0.15) is 0 Å². The molecule has 0 saturated carbocycles. The van der Waals surface area contributed by atoms with Crippen LogP contribution in [0.2, 0.25) is 0 Å². The zero-order valence-corrected chi connectivity index (χ0v) is 24.7. The molecule has 1 aromatic carbocycles. The molecule has 1 aliphatic heterocycles. The Bertz CT molecular complexity index is 949. The molecule has 0 bridgehead atoms. The summed E-state index contributed by atoms with van der Waals surface area (Å²) in [6, 6.07) is 5.07. The van der Waals surface area contributed by atoms with Crippen LogP contribution in [0.3, 0.4) is 0 Å². The van der Waals surface area contributed by atoms with Crippen molar-refractivity contribution in [3.63, 3.8) is 0 Å². The van der Waals surface area contributed by atoms with Gasteiger partial charge in [0.2, 0.25) is 5.11 Å². The number of thiocarbonyl (C=S) groups is 1. The zero-order valence-electron chi connectivity index (χ0n) is 23.9. The molecule has 8 heteroatoms. The van der Waals surface area contributed by atoms with Crippen molar-refractivity contribution in [2.45, 2.75) is 104 Å². The summed E-state index contributed by atoms with van der Waals surface area (Å²) in [7, 11) is 1.60. The number of aryl methyl sites for hydroxylation is 1.